The number of rotatable bonds is 8. The highest BCUT2D eigenvalue weighted by Gasteiger charge is 2.67. The first-order valence-corrected chi connectivity index (χ1v) is 8.78. The minimum absolute atomic E-state index is 0.0312. The Hall–Kier alpha value is -2.09. The molecule has 0 saturated carbocycles. The van der Waals surface area contributed by atoms with Gasteiger partial charge in [0.15, 0.2) is 0 Å². The van der Waals surface area contributed by atoms with Crippen LogP contribution in [0.25, 0.3) is 0 Å². The molecule has 0 aromatic rings. The minimum atomic E-state index is -6.05. The summed E-state index contributed by atoms with van der Waals surface area (Å²) in [4.78, 5) is 23.9. The van der Waals surface area contributed by atoms with Gasteiger partial charge in [0.2, 0.25) is 0 Å². The van der Waals surface area contributed by atoms with Gasteiger partial charge < -0.3 is 14.8 Å². The third kappa shape index (κ3) is 7.52. The van der Waals surface area contributed by atoms with E-state index in [2.05, 4.69) is 28.7 Å². The third-order valence-corrected chi connectivity index (χ3v) is 3.91. The number of carbonyl (C=O) groups is 2. The predicted molar refractivity (Wildman–Crippen MR) is 94.0 cm³/mol. The van der Waals surface area contributed by atoms with Crippen LogP contribution < -0.4 is 5.32 Å². The Balaban J connectivity index is 3.26. The topological polar surface area (TPSA) is 64.6 Å². The molecule has 176 valence electrons. The van der Waals surface area contributed by atoms with E-state index in [0.717, 1.165) is 0 Å². The Bertz CT molecular complexity index is 770. The Kier molecular flexibility index (Phi) is 8.33. The lowest BCUT2D eigenvalue weighted by molar-refractivity contribution is -0.352. The van der Waals surface area contributed by atoms with Gasteiger partial charge in [0.1, 0.15) is 12.2 Å². The SMILES string of the molecule is C=C(C(=O)OC(OCC(F)(F)S)(C(=O)NCC1=CC=CC(C)C1)C(F)(F)F)C(F)(F)F. The Morgan fingerprint density at radius 3 is 2.23 bits per heavy atom. The van der Waals surface area contributed by atoms with Crippen LogP contribution in [-0.4, -0.2) is 48.4 Å². The van der Waals surface area contributed by atoms with Crippen LogP contribution in [0.15, 0.2) is 36.0 Å². The van der Waals surface area contributed by atoms with E-state index in [9.17, 15) is 44.7 Å². The fourth-order valence-electron chi connectivity index (χ4n) is 2.28. The molecule has 0 spiro atoms. The van der Waals surface area contributed by atoms with E-state index in [1.807, 2.05) is 0 Å². The molecule has 31 heavy (non-hydrogen) atoms. The van der Waals surface area contributed by atoms with Crippen LogP contribution in [0.4, 0.5) is 35.1 Å². The molecular weight excluding hydrogens is 466 g/mol. The molecule has 1 aliphatic rings. The third-order valence-electron chi connectivity index (χ3n) is 3.78. The maximum absolute atomic E-state index is 13.7. The highest BCUT2D eigenvalue weighted by atomic mass is 32.1. The smallest absolute Gasteiger partial charge is 0.412 e. The second kappa shape index (κ2) is 9.59. The molecule has 1 N–H and O–H groups in total. The fraction of sp³-hybridized carbons (Fsp3) is 0.529. The van der Waals surface area contributed by atoms with Crippen molar-refractivity contribution in [1.29, 1.82) is 0 Å². The van der Waals surface area contributed by atoms with E-state index in [4.69, 9.17) is 0 Å². The van der Waals surface area contributed by atoms with Crippen molar-refractivity contribution in [3.05, 3.63) is 36.0 Å². The maximum atomic E-state index is 13.7. The number of esters is 1. The molecule has 0 aromatic heterocycles. The molecule has 0 bridgehead atoms. The lowest BCUT2D eigenvalue weighted by atomic mass is 9.96. The second-order valence-electron chi connectivity index (χ2n) is 6.51. The summed E-state index contributed by atoms with van der Waals surface area (Å²) in [7, 11) is 0. The predicted octanol–water partition coefficient (Wildman–Crippen LogP) is 4.08. The number of amides is 1. The number of ether oxygens (including phenoxy) is 2. The largest absolute Gasteiger partial charge is 0.466 e. The van der Waals surface area contributed by atoms with Crippen LogP contribution in [0.5, 0.6) is 0 Å². The van der Waals surface area contributed by atoms with E-state index >= 15 is 0 Å². The average molecular weight is 483 g/mol. The first-order valence-electron chi connectivity index (χ1n) is 8.34. The number of thiol groups is 1. The lowest BCUT2D eigenvalue weighted by Crippen LogP contribution is -2.62. The molecule has 0 aromatic carbocycles. The quantitative estimate of drug-likeness (QED) is 0.180. The van der Waals surface area contributed by atoms with E-state index < -0.39 is 54.0 Å². The summed E-state index contributed by atoms with van der Waals surface area (Å²) in [6.07, 6.45) is -6.49. The second-order valence-corrected chi connectivity index (χ2v) is 7.16. The zero-order chi connectivity index (χ0) is 24.3. The Morgan fingerprint density at radius 1 is 1.19 bits per heavy atom. The molecule has 1 aliphatic carbocycles. The number of carbonyl (C=O) groups excluding carboxylic acids is 2. The normalized spacial score (nSPS) is 19.3. The highest BCUT2D eigenvalue weighted by Crippen LogP contribution is 2.39. The molecule has 2 unspecified atom stereocenters. The van der Waals surface area contributed by atoms with Crippen molar-refractivity contribution in [3.8, 4) is 0 Å². The van der Waals surface area contributed by atoms with E-state index in [0.29, 0.717) is 12.0 Å². The van der Waals surface area contributed by atoms with Gasteiger partial charge in [0.05, 0.1) is 0 Å². The molecule has 0 heterocycles. The fourth-order valence-corrected chi connectivity index (χ4v) is 2.34. The van der Waals surface area contributed by atoms with Gasteiger partial charge in [-0.1, -0.05) is 37.3 Å². The molecule has 1 rings (SSSR count). The van der Waals surface area contributed by atoms with Crippen molar-refractivity contribution in [3.63, 3.8) is 0 Å². The number of hydrogen-bond acceptors (Lipinski definition) is 5. The first kappa shape index (κ1) is 26.9. The van der Waals surface area contributed by atoms with Gasteiger partial charge in [-0.25, -0.2) is 4.79 Å². The summed E-state index contributed by atoms with van der Waals surface area (Å²) in [5.74, 6) is -9.91. The van der Waals surface area contributed by atoms with Crippen molar-refractivity contribution in [1.82, 2.24) is 5.32 Å². The molecule has 0 radical (unpaired) electrons. The van der Waals surface area contributed by atoms with E-state index in [1.54, 1.807) is 24.4 Å². The molecule has 14 heteroatoms. The van der Waals surface area contributed by atoms with E-state index in [1.165, 1.54) is 6.08 Å². The van der Waals surface area contributed by atoms with Crippen LogP contribution in [0.2, 0.25) is 0 Å². The summed E-state index contributed by atoms with van der Waals surface area (Å²) in [5.41, 5.74) is -2.01. The molecule has 5 nitrogen and oxygen atoms in total. The van der Waals surface area contributed by atoms with Crippen LogP contribution >= 0.6 is 12.6 Å². The highest BCUT2D eigenvalue weighted by molar-refractivity contribution is 7.81. The van der Waals surface area contributed by atoms with Gasteiger partial charge in [-0.15, -0.1) is 12.6 Å². The Morgan fingerprint density at radius 2 is 1.77 bits per heavy atom. The Labute approximate surface area is 176 Å². The van der Waals surface area contributed by atoms with Crippen LogP contribution in [0.1, 0.15) is 13.3 Å². The number of hydrogen-bond donors (Lipinski definition) is 2. The standard InChI is InChI=1S/C17H17F8NO4S/c1-9-4-3-5-11(6-9)7-26-13(28)15(17(23,24)25,29-8-14(18,19)31)30-12(27)10(2)16(20,21)22/h3-5,9,31H,2,6-8H2,1H3,(H,26,28). The van der Waals surface area contributed by atoms with E-state index in [-0.39, 0.29) is 5.92 Å². The van der Waals surface area contributed by atoms with Crippen LogP contribution in [-0.2, 0) is 19.1 Å². The molecule has 0 fully saturated rings. The minimum Gasteiger partial charge on any atom is -0.412 e. The molecule has 1 amide bonds. The summed E-state index contributed by atoms with van der Waals surface area (Å²) < 4.78 is 112. The first-order chi connectivity index (χ1) is 13.9. The number of nitrogens with one attached hydrogen (secondary N) is 1. The number of allylic oxidation sites excluding steroid dienone is 3. The molecule has 0 saturated heterocycles. The van der Waals surface area contributed by atoms with Crippen LogP contribution in [0, 0.1) is 5.92 Å². The van der Waals surface area contributed by atoms with Crippen molar-refractivity contribution in [2.45, 2.75) is 36.7 Å². The van der Waals surface area contributed by atoms with Crippen LogP contribution in [0.3, 0.4) is 0 Å². The van der Waals surface area contributed by atoms with Gasteiger partial charge in [-0.05, 0) is 12.3 Å². The van der Waals surface area contributed by atoms with Gasteiger partial charge in [0.25, 0.3) is 0 Å². The number of alkyl halides is 8. The summed E-state index contributed by atoms with van der Waals surface area (Å²) in [6, 6.07) is 0. The van der Waals surface area contributed by atoms with Gasteiger partial charge in [0, 0.05) is 6.54 Å². The molecule has 0 aliphatic heterocycles. The summed E-state index contributed by atoms with van der Waals surface area (Å²) in [6.45, 7) is 1.23. The van der Waals surface area contributed by atoms with Crippen molar-refractivity contribution in [2.24, 2.45) is 5.92 Å². The zero-order valence-corrected chi connectivity index (χ0v) is 16.6. The number of halogens is 8. The monoisotopic (exact) mass is 483 g/mol. The summed E-state index contributed by atoms with van der Waals surface area (Å²) in [5, 5.41) is -2.56. The van der Waals surface area contributed by atoms with Crippen molar-refractivity contribution in [2.75, 3.05) is 13.2 Å². The molecular formula is C17H17F8NO4S. The van der Waals surface area contributed by atoms with Gasteiger partial charge in [-0.2, -0.15) is 35.1 Å². The van der Waals surface area contributed by atoms with Gasteiger partial charge >= 0.3 is 35.3 Å². The summed E-state index contributed by atoms with van der Waals surface area (Å²) >= 11 is 2.64. The van der Waals surface area contributed by atoms with Gasteiger partial charge in [-0.3, -0.25) is 4.79 Å². The van der Waals surface area contributed by atoms with Crippen molar-refractivity contribution < 1.29 is 54.2 Å². The molecule has 2 atom stereocenters. The average Bonchev–Trinajstić information content (AvgIpc) is 2.59. The lowest BCUT2D eigenvalue weighted by Gasteiger charge is -2.34. The zero-order valence-electron chi connectivity index (χ0n) is 15.7. The van der Waals surface area contributed by atoms with Crippen molar-refractivity contribution >= 4 is 24.5 Å². The maximum Gasteiger partial charge on any atom is 0.466 e.